The second-order valence-corrected chi connectivity index (χ2v) is 3.98. The Morgan fingerprint density at radius 3 is 2.19 bits per heavy atom. The van der Waals surface area contributed by atoms with E-state index in [9.17, 15) is 14.7 Å². The van der Waals surface area contributed by atoms with Crippen LogP contribution in [0.1, 0.15) is 27.7 Å². The van der Waals surface area contributed by atoms with Gasteiger partial charge < -0.3 is 10.0 Å². The van der Waals surface area contributed by atoms with E-state index < -0.39 is 23.2 Å². The number of amides is 1. The van der Waals surface area contributed by atoms with Crippen LogP contribution in [0.5, 0.6) is 0 Å². The van der Waals surface area contributed by atoms with Crippen LogP contribution in [0.3, 0.4) is 0 Å². The Labute approximate surface area is 96.9 Å². The predicted molar refractivity (Wildman–Crippen MR) is 62.9 cm³/mol. The van der Waals surface area contributed by atoms with Gasteiger partial charge in [0.1, 0.15) is 5.60 Å². The molecule has 0 radical (unpaired) electrons. The van der Waals surface area contributed by atoms with E-state index in [1.165, 1.54) is 17.9 Å². The molecule has 1 N–H and O–H groups in total. The van der Waals surface area contributed by atoms with Gasteiger partial charge in [-0.3, -0.25) is 9.59 Å². The number of ketones is 1. The first-order valence-electron chi connectivity index (χ1n) is 5.51. The molecule has 0 aromatic heterocycles. The molecule has 0 aliphatic rings. The van der Waals surface area contributed by atoms with Crippen LogP contribution in [0.15, 0.2) is 12.7 Å². The minimum Gasteiger partial charge on any atom is -0.381 e. The average molecular weight is 227 g/mol. The predicted octanol–water partition coefficient (Wildman–Crippen LogP) is 0.997. The van der Waals surface area contributed by atoms with Crippen molar-refractivity contribution >= 4 is 11.7 Å². The Morgan fingerprint density at radius 2 is 1.88 bits per heavy atom. The van der Waals surface area contributed by atoms with Crippen LogP contribution in [0.2, 0.25) is 0 Å². The van der Waals surface area contributed by atoms with E-state index in [-0.39, 0.29) is 0 Å². The summed E-state index contributed by atoms with van der Waals surface area (Å²) >= 11 is 0. The summed E-state index contributed by atoms with van der Waals surface area (Å²) in [4.78, 5) is 25.0. The summed E-state index contributed by atoms with van der Waals surface area (Å²) in [6.45, 7) is 11.0. The summed E-state index contributed by atoms with van der Waals surface area (Å²) in [6, 6.07) is 0. The number of likely N-dealkylation sites (N-methyl/N-ethyl adjacent to an activating group) is 1. The van der Waals surface area contributed by atoms with Crippen molar-refractivity contribution in [3.63, 3.8) is 0 Å². The Balaban J connectivity index is 4.91. The average Bonchev–Trinajstić information content (AvgIpc) is 2.28. The number of aliphatic hydroxyl groups is 1. The molecule has 0 saturated carbocycles. The van der Waals surface area contributed by atoms with Gasteiger partial charge in [0, 0.05) is 19.0 Å². The Morgan fingerprint density at radius 1 is 1.44 bits per heavy atom. The van der Waals surface area contributed by atoms with Crippen LogP contribution in [0.4, 0.5) is 0 Å². The Kier molecular flexibility index (Phi) is 5.38. The van der Waals surface area contributed by atoms with Gasteiger partial charge in [-0.2, -0.15) is 0 Å². The molecule has 0 aliphatic heterocycles. The van der Waals surface area contributed by atoms with Crippen molar-refractivity contribution in [1.29, 1.82) is 0 Å². The maximum Gasteiger partial charge on any atom is 0.293 e. The third kappa shape index (κ3) is 2.92. The van der Waals surface area contributed by atoms with Crippen LogP contribution in [0, 0.1) is 5.92 Å². The third-order valence-corrected chi connectivity index (χ3v) is 2.94. The first kappa shape index (κ1) is 14.8. The van der Waals surface area contributed by atoms with Crippen molar-refractivity contribution in [1.82, 2.24) is 4.90 Å². The van der Waals surface area contributed by atoms with Crippen LogP contribution in [0.25, 0.3) is 0 Å². The molecule has 1 amide bonds. The highest BCUT2D eigenvalue weighted by atomic mass is 16.3. The standard InChI is InChI=1S/C12H21NO3/c1-6-9(4)12(5,16)10(14)11(15)13(7-2)8-3/h6,9,16H,1,7-8H2,2-5H3/t9-,12+/m0/s1. The lowest BCUT2D eigenvalue weighted by molar-refractivity contribution is -0.155. The first-order valence-corrected chi connectivity index (χ1v) is 5.51. The molecule has 0 heterocycles. The van der Waals surface area contributed by atoms with E-state index >= 15 is 0 Å². The zero-order chi connectivity index (χ0) is 12.9. The van der Waals surface area contributed by atoms with E-state index in [0.717, 1.165) is 0 Å². The van der Waals surface area contributed by atoms with Crippen LogP contribution in [-0.2, 0) is 9.59 Å². The van der Waals surface area contributed by atoms with Gasteiger partial charge in [0.25, 0.3) is 11.7 Å². The molecule has 16 heavy (non-hydrogen) atoms. The molecule has 0 fully saturated rings. The van der Waals surface area contributed by atoms with Crippen molar-refractivity contribution in [2.45, 2.75) is 33.3 Å². The third-order valence-electron chi connectivity index (χ3n) is 2.94. The summed E-state index contributed by atoms with van der Waals surface area (Å²) in [6.07, 6.45) is 1.47. The highest BCUT2D eigenvalue weighted by Gasteiger charge is 2.40. The minimum atomic E-state index is -1.68. The summed E-state index contributed by atoms with van der Waals surface area (Å²) < 4.78 is 0. The van der Waals surface area contributed by atoms with Crippen LogP contribution >= 0.6 is 0 Å². The normalized spacial score (nSPS) is 16.1. The molecule has 0 spiro atoms. The fourth-order valence-corrected chi connectivity index (χ4v) is 1.31. The number of hydrogen-bond acceptors (Lipinski definition) is 3. The van der Waals surface area contributed by atoms with E-state index in [0.29, 0.717) is 13.1 Å². The monoisotopic (exact) mass is 227 g/mol. The zero-order valence-corrected chi connectivity index (χ0v) is 10.5. The second kappa shape index (κ2) is 5.80. The molecule has 0 bridgehead atoms. The van der Waals surface area contributed by atoms with Crippen molar-refractivity contribution in [3.05, 3.63) is 12.7 Å². The van der Waals surface area contributed by atoms with Crippen LogP contribution < -0.4 is 0 Å². The molecule has 0 aromatic rings. The molecule has 0 saturated heterocycles. The van der Waals surface area contributed by atoms with Gasteiger partial charge in [0.05, 0.1) is 0 Å². The Bertz CT molecular complexity index is 280. The van der Waals surface area contributed by atoms with Crippen molar-refractivity contribution in [3.8, 4) is 0 Å². The lowest BCUT2D eigenvalue weighted by atomic mass is 9.86. The van der Waals surface area contributed by atoms with Gasteiger partial charge in [0.15, 0.2) is 0 Å². The molecule has 4 heteroatoms. The molecule has 4 nitrogen and oxygen atoms in total. The maximum absolute atomic E-state index is 11.8. The summed E-state index contributed by atoms with van der Waals surface area (Å²) in [5.74, 6) is -1.87. The smallest absolute Gasteiger partial charge is 0.293 e. The molecular formula is C12H21NO3. The van der Waals surface area contributed by atoms with Gasteiger partial charge in [-0.05, 0) is 20.8 Å². The number of rotatable bonds is 6. The fourth-order valence-electron chi connectivity index (χ4n) is 1.31. The number of Topliss-reactive ketones (excluding diaryl/α,β-unsaturated/α-hetero) is 1. The molecule has 0 aliphatic carbocycles. The highest BCUT2D eigenvalue weighted by molar-refractivity contribution is 6.39. The molecule has 2 atom stereocenters. The highest BCUT2D eigenvalue weighted by Crippen LogP contribution is 2.19. The van der Waals surface area contributed by atoms with E-state index in [1.807, 2.05) is 0 Å². The molecular weight excluding hydrogens is 206 g/mol. The van der Waals surface area contributed by atoms with Gasteiger partial charge in [-0.25, -0.2) is 0 Å². The topological polar surface area (TPSA) is 57.6 Å². The van der Waals surface area contributed by atoms with E-state index in [1.54, 1.807) is 20.8 Å². The van der Waals surface area contributed by atoms with Gasteiger partial charge in [-0.1, -0.05) is 13.0 Å². The number of carbonyl (C=O) groups is 2. The maximum atomic E-state index is 11.8. The number of hydrogen-bond donors (Lipinski definition) is 1. The Hall–Kier alpha value is -1.16. The van der Waals surface area contributed by atoms with E-state index in [4.69, 9.17) is 0 Å². The summed E-state index contributed by atoms with van der Waals surface area (Å²) in [5, 5.41) is 9.99. The van der Waals surface area contributed by atoms with Crippen LogP contribution in [-0.4, -0.2) is 40.4 Å². The SMILES string of the molecule is C=C[C@H](C)[C@@](C)(O)C(=O)C(=O)N(CC)CC. The molecule has 92 valence electrons. The lowest BCUT2D eigenvalue weighted by Crippen LogP contribution is -2.50. The lowest BCUT2D eigenvalue weighted by Gasteiger charge is -2.28. The first-order chi connectivity index (χ1) is 7.32. The van der Waals surface area contributed by atoms with Crippen molar-refractivity contribution in [2.75, 3.05) is 13.1 Å². The van der Waals surface area contributed by atoms with Gasteiger partial charge in [0.2, 0.25) is 0 Å². The largest absolute Gasteiger partial charge is 0.381 e. The molecule has 0 unspecified atom stereocenters. The van der Waals surface area contributed by atoms with Crippen molar-refractivity contribution in [2.24, 2.45) is 5.92 Å². The number of carbonyl (C=O) groups excluding carboxylic acids is 2. The van der Waals surface area contributed by atoms with Gasteiger partial charge >= 0.3 is 0 Å². The molecule has 0 aromatic carbocycles. The molecule has 0 rings (SSSR count). The number of nitrogens with zero attached hydrogens (tertiary/aromatic N) is 1. The van der Waals surface area contributed by atoms with Crippen molar-refractivity contribution < 1.29 is 14.7 Å². The van der Waals surface area contributed by atoms with Gasteiger partial charge in [-0.15, -0.1) is 6.58 Å². The second-order valence-electron chi connectivity index (χ2n) is 3.98. The minimum absolute atomic E-state index is 0.458. The zero-order valence-electron chi connectivity index (χ0n) is 10.5. The fraction of sp³-hybridized carbons (Fsp3) is 0.667. The summed E-state index contributed by atoms with van der Waals surface area (Å²) in [7, 11) is 0. The summed E-state index contributed by atoms with van der Waals surface area (Å²) in [5.41, 5.74) is -1.68. The van der Waals surface area contributed by atoms with E-state index in [2.05, 4.69) is 6.58 Å². The quantitative estimate of drug-likeness (QED) is 0.544.